The van der Waals surface area contributed by atoms with Gasteiger partial charge in [0, 0.05) is 10.8 Å². The number of anilines is 1. The Morgan fingerprint density at radius 3 is 2.21 bits per heavy atom. The zero-order valence-corrected chi connectivity index (χ0v) is 16.8. The van der Waals surface area contributed by atoms with Gasteiger partial charge in [0.05, 0.1) is 12.2 Å². The molecule has 2 aromatic carbocycles. The highest BCUT2D eigenvalue weighted by Gasteiger charge is 2.27. The molecule has 0 bridgehead atoms. The number of benzene rings is 2. The molecule has 1 unspecified atom stereocenters. The number of nitrogens with zero attached hydrogens (tertiary/aromatic N) is 1. The van der Waals surface area contributed by atoms with Gasteiger partial charge in [-0.1, -0.05) is 74.5 Å². The van der Waals surface area contributed by atoms with Crippen LogP contribution in [0.4, 0.5) is 5.69 Å². The van der Waals surface area contributed by atoms with Crippen LogP contribution in [0.25, 0.3) is 10.4 Å². The largest absolute Gasteiger partial charge is 0.477 e. The summed E-state index contributed by atoms with van der Waals surface area (Å²) >= 11 is 1.20. The number of carboxylic acids is 1. The van der Waals surface area contributed by atoms with Gasteiger partial charge >= 0.3 is 5.97 Å². The third-order valence-corrected chi connectivity index (χ3v) is 5.90. The van der Waals surface area contributed by atoms with Gasteiger partial charge in [-0.15, -0.1) is 11.3 Å². The second kappa shape index (κ2) is 8.85. The highest BCUT2D eigenvalue weighted by atomic mass is 32.1. The van der Waals surface area contributed by atoms with Crippen LogP contribution in [0.2, 0.25) is 0 Å². The van der Waals surface area contributed by atoms with Gasteiger partial charge < -0.3 is 10.0 Å². The molecule has 0 saturated heterocycles. The monoisotopic (exact) mass is 393 g/mol. The topological polar surface area (TPSA) is 57.6 Å². The molecule has 0 aliphatic carbocycles. The summed E-state index contributed by atoms with van der Waals surface area (Å²) in [6, 6.07) is 21.1. The molecule has 1 heterocycles. The number of hydrogen-bond donors (Lipinski definition) is 1. The first-order valence-corrected chi connectivity index (χ1v) is 10.1. The van der Waals surface area contributed by atoms with Crippen molar-refractivity contribution in [3.63, 3.8) is 0 Å². The number of aromatic carboxylic acids is 1. The van der Waals surface area contributed by atoms with Crippen LogP contribution in [0.1, 0.15) is 35.5 Å². The first-order chi connectivity index (χ1) is 13.5. The normalized spacial score (nSPS) is 11.8. The summed E-state index contributed by atoms with van der Waals surface area (Å²) in [5.74, 6) is -1.27. The Hall–Kier alpha value is -2.92. The van der Waals surface area contributed by atoms with Gasteiger partial charge in [0.2, 0.25) is 5.91 Å². The van der Waals surface area contributed by atoms with Crippen molar-refractivity contribution in [2.45, 2.75) is 26.8 Å². The van der Waals surface area contributed by atoms with Crippen molar-refractivity contribution in [1.29, 1.82) is 0 Å². The van der Waals surface area contributed by atoms with Crippen LogP contribution in [0.5, 0.6) is 0 Å². The van der Waals surface area contributed by atoms with E-state index in [1.807, 2.05) is 80.6 Å². The minimum Gasteiger partial charge on any atom is -0.477 e. The van der Waals surface area contributed by atoms with Crippen LogP contribution in [-0.4, -0.2) is 17.0 Å². The Kier molecular flexibility index (Phi) is 6.26. The van der Waals surface area contributed by atoms with Crippen molar-refractivity contribution in [1.82, 2.24) is 0 Å². The quantitative estimate of drug-likeness (QED) is 0.561. The highest BCUT2D eigenvalue weighted by molar-refractivity contribution is 7.18. The van der Waals surface area contributed by atoms with Crippen molar-refractivity contribution in [2.75, 3.05) is 4.90 Å². The van der Waals surface area contributed by atoms with Gasteiger partial charge in [-0.05, 0) is 23.6 Å². The number of carbonyl (C=O) groups excluding carboxylic acids is 1. The minimum atomic E-state index is -1.02. The maximum absolute atomic E-state index is 13.1. The first kappa shape index (κ1) is 19.8. The second-order valence-electron chi connectivity index (χ2n) is 6.72. The van der Waals surface area contributed by atoms with Gasteiger partial charge in [0.15, 0.2) is 0 Å². The molecule has 0 radical (unpaired) electrons. The molecule has 3 rings (SSSR count). The lowest BCUT2D eigenvalue weighted by Gasteiger charge is -2.25. The van der Waals surface area contributed by atoms with Crippen molar-refractivity contribution in [3.05, 3.63) is 77.2 Å². The molecule has 144 valence electrons. The summed E-state index contributed by atoms with van der Waals surface area (Å²) < 4.78 is 0. The zero-order chi connectivity index (χ0) is 20.1. The molecule has 1 atom stereocenters. The maximum atomic E-state index is 13.1. The fourth-order valence-electron chi connectivity index (χ4n) is 2.97. The third kappa shape index (κ3) is 4.31. The first-order valence-electron chi connectivity index (χ1n) is 9.29. The minimum absolute atomic E-state index is 0.0636. The highest BCUT2D eigenvalue weighted by Crippen LogP contribution is 2.38. The van der Waals surface area contributed by atoms with Crippen molar-refractivity contribution >= 4 is 28.9 Å². The van der Waals surface area contributed by atoms with Crippen LogP contribution in [0, 0.1) is 5.92 Å². The summed E-state index contributed by atoms with van der Waals surface area (Å²) in [7, 11) is 0. The number of thiophene rings is 1. The van der Waals surface area contributed by atoms with E-state index in [1.165, 1.54) is 11.3 Å². The molecule has 28 heavy (non-hydrogen) atoms. The third-order valence-electron chi connectivity index (χ3n) is 4.74. The van der Waals surface area contributed by atoms with Gasteiger partial charge in [-0.2, -0.15) is 0 Å². The van der Waals surface area contributed by atoms with Crippen LogP contribution >= 0.6 is 11.3 Å². The second-order valence-corrected chi connectivity index (χ2v) is 7.77. The Morgan fingerprint density at radius 2 is 1.64 bits per heavy atom. The average molecular weight is 394 g/mol. The van der Waals surface area contributed by atoms with Crippen LogP contribution in [0.15, 0.2) is 66.7 Å². The van der Waals surface area contributed by atoms with E-state index < -0.39 is 5.97 Å². The average Bonchev–Trinajstić information content (AvgIpc) is 3.18. The fraction of sp³-hybridized carbons (Fsp3) is 0.217. The summed E-state index contributed by atoms with van der Waals surface area (Å²) in [5.41, 5.74) is 2.37. The standard InChI is InChI=1S/C23H23NO3S/c1-3-16(2)22(25)24(15-17-10-6-4-7-11-17)19-14-20(28-21(19)23(26)27)18-12-8-5-9-13-18/h4-14,16H,3,15H2,1-2H3,(H,26,27). The molecule has 1 N–H and O–H groups in total. The van der Waals surface area contributed by atoms with E-state index in [0.29, 0.717) is 18.7 Å². The molecule has 0 aliphatic rings. The smallest absolute Gasteiger partial charge is 0.348 e. The Morgan fingerprint density at radius 1 is 1.04 bits per heavy atom. The molecular weight excluding hydrogens is 370 g/mol. The molecule has 0 fully saturated rings. The lowest BCUT2D eigenvalue weighted by atomic mass is 10.1. The molecule has 0 aliphatic heterocycles. The van der Waals surface area contributed by atoms with Crippen molar-refractivity contribution in [2.24, 2.45) is 5.92 Å². The van der Waals surface area contributed by atoms with Crippen LogP contribution in [0.3, 0.4) is 0 Å². The fourth-order valence-corrected chi connectivity index (χ4v) is 3.97. The zero-order valence-electron chi connectivity index (χ0n) is 16.0. The number of amides is 1. The summed E-state index contributed by atoms with van der Waals surface area (Å²) in [6.07, 6.45) is 0.697. The van der Waals surface area contributed by atoms with E-state index in [2.05, 4.69) is 0 Å². The number of rotatable bonds is 7. The lowest BCUT2D eigenvalue weighted by molar-refractivity contribution is -0.122. The van der Waals surface area contributed by atoms with Gasteiger partial charge in [0.1, 0.15) is 4.88 Å². The van der Waals surface area contributed by atoms with Gasteiger partial charge in [-0.25, -0.2) is 4.79 Å². The Balaban J connectivity index is 2.09. The van der Waals surface area contributed by atoms with E-state index in [4.69, 9.17) is 0 Å². The Labute approximate surface area is 169 Å². The SMILES string of the molecule is CCC(C)C(=O)N(Cc1ccccc1)c1cc(-c2ccccc2)sc1C(=O)O. The summed E-state index contributed by atoms with van der Waals surface area (Å²) in [6.45, 7) is 4.19. The molecule has 5 heteroatoms. The molecule has 4 nitrogen and oxygen atoms in total. The maximum Gasteiger partial charge on any atom is 0.348 e. The van der Waals surface area contributed by atoms with Gasteiger partial charge in [0.25, 0.3) is 0 Å². The molecule has 3 aromatic rings. The Bertz CT molecular complexity index is 950. The van der Waals surface area contributed by atoms with E-state index >= 15 is 0 Å². The summed E-state index contributed by atoms with van der Waals surface area (Å²) in [5, 5.41) is 9.79. The molecule has 0 saturated carbocycles. The van der Waals surface area contributed by atoms with Gasteiger partial charge in [-0.3, -0.25) is 4.79 Å². The number of carboxylic acid groups (broad SMARTS) is 1. The van der Waals surface area contributed by atoms with E-state index in [-0.39, 0.29) is 16.7 Å². The van der Waals surface area contributed by atoms with Crippen LogP contribution in [-0.2, 0) is 11.3 Å². The van der Waals surface area contributed by atoms with Crippen LogP contribution < -0.4 is 4.90 Å². The molecule has 1 amide bonds. The lowest BCUT2D eigenvalue weighted by Crippen LogP contribution is -2.35. The van der Waals surface area contributed by atoms with Crippen molar-refractivity contribution in [3.8, 4) is 10.4 Å². The molecule has 0 spiro atoms. The predicted molar refractivity (Wildman–Crippen MR) is 114 cm³/mol. The van der Waals surface area contributed by atoms with E-state index in [1.54, 1.807) is 4.90 Å². The summed E-state index contributed by atoms with van der Waals surface area (Å²) in [4.78, 5) is 27.7. The predicted octanol–water partition coefficient (Wildman–Crippen LogP) is 5.69. The molecule has 1 aromatic heterocycles. The van der Waals surface area contributed by atoms with E-state index in [0.717, 1.165) is 16.0 Å². The van der Waals surface area contributed by atoms with E-state index in [9.17, 15) is 14.7 Å². The molecular formula is C23H23NO3S. The number of hydrogen-bond acceptors (Lipinski definition) is 3. The van der Waals surface area contributed by atoms with Crippen molar-refractivity contribution < 1.29 is 14.7 Å². The number of carbonyl (C=O) groups is 2.